The minimum absolute atomic E-state index is 0.217. The minimum Gasteiger partial charge on any atom is -0.390 e. The molecule has 2 rings (SSSR count). The predicted molar refractivity (Wildman–Crippen MR) is 71.4 cm³/mol. The summed E-state index contributed by atoms with van der Waals surface area (Å²) < 4.78 is 1.77. The Morgan fingerprint density at radius 3 is 2.78 bits per heavy atom. The largest absolute Gasteiger partial charge is 0.390 e. The van der Waals surface area contributed by atoms with Gasteiger partial charge < -0.3 is 15.3 Å². The smallest absolute Gasteiger partial charge is 0.0860 e. The number of likely N-dealkylation sites (N-methyl/N-ethyl adjacent to an activating group) is 1. The molecule has 0 aliphatic heterocycles. The maximum atomic E-state index is 10.0. The van der Waals surface area contributed by atoms with Gasteiger partial charge in [0, 0.05) is 31.0 Å². The van der Waals surface area contributed by atoms with Gasteiger partial charge in [-0.25, -0.2) is 0 Å². The quantitative estimate of drug-likeness (QED) is 0.734. The molecule has 0 radical (unpaired) electrons. The highest BCUT2D eigenvalue weighted by Gasteiger charge is 2.37. The Labute approximate surface area is 109 Å². The van der Waals surface area contributed by atoms with E-state index in [1.807, 2.05) is 12.3 Å². The lowest BCUT2D eigenvalue weighted by molar-refractivity contribution is 0.0907. The molecule has 1 aromatic heterocycles. The van der Waals surface area contributed by atoms with Gasteiger partial charge in [-0.2, -0.15) is 5.10 Å². The minimum atomic E-state index is -0.385. The summed E-state index contributed by atoms with van der Waals surface area (Å²) >= 11 is 0. The van der Waals surface area contributed by atoms with E-state index in [4.69, 9.17) is 0 Å². The van der Waals surface area contributed by atoms with Gasteiger partial charge in [-0.1, -0.05) is 0 Å². The molecule has 2 N–H and O–H groups in total. The van der Waals surface area contributed by atoms with Gasteiger partial charge in [0.15, 0.2) is 0 Å². The molecule has 1 saturated carbocycles. The molecule has 1 aliphatic rings. The molecule has 18 heavy (non-hydrogen) atoms. The summed E-state index contributed by atoms with van der Waals surface area (Å²) in [6.07, 6.45) is 6.93. The van der Waals surface area contributed by atoms with E-state index in [0.29, 0.717) is 13.1 Å². The van der Waals surface area contributed by atoms with Crippen molar-refractivity contribution in [3.05, 3.63) is 18.5 Å². The van der Waals surface area contributed by atoms with Crippen LogP contribution in [0.2, 0.25) is 0 Å². The SMILES string of the molecule is CN(C)CC1(NC[C@H](O)Cn2cccn2)CCC1. The highest BCUT2D eigenvalue weighted by Crippen LogP contribution is 2.32. The van der Waals surface area contributed by atoms with Gasteiger partial charge in [-0.15, -0.1) is 0 Å². The second-order valence-electron chi connectivity index (χ2n) is 5.63. The number of aliphatic hydroxyl groups excluding tert-OH is 1. The van der Waals surface area contributed by atoms with Gasteiger partial charge >= 0.3 is 0 Å². The summed E-state index contributed by atoms with van der Waals surface area (Å²) in [4.78, 5) is 2.21. The second-order valence-corrected chi connectivity index (χ2v) is 5.63. The summed E-state index contributed by atoms with van der Waals surface area (Å²) in [5.41, 5.74) is 0.217. The number of hydrogen-bond acceptors (Lipinski definition) is 4. The highest BCUT2D eigenvalue weighted by atomic mass is 16.3. The Kier molecular flexibility index (Phi) is 4.37. The molecule has 0 saturated heterocycles. The normalized spacial score (nSPS) is 19.8. The van der Waals surface area contributed by atoms with Crippen LogP contribution in [0, 0.1) is 0 Å². The van der Waals surface area contributed by atoms with Crippen molar-refractivity contribution in [3.8, 4) is 0 Å². The van der Waals surface area contributed by atoms with Gasteiger partial charge in [0.1, 0.15) is 0 Å². The van der Waals surface area contributed by atoms with Gasteiger partial charge in [0.2, 0.25) is 0 Å². The van der Waals surface area contributed by atoms with E-state index in [1.54, 1.807) is 10.9 Å². The Bertz CT molecular complexity index is 346. The Hall–Kier alpha value is -0.910. The van der Waals surface area contributed by atoms with Crippen molar-refractivity contribution < 1.29 is 5.11 Å². The van der Waals surface area contributed by atoms with Crippen molar-refractivity contribution >= 4 is 0 Å². The van der Waals surface area contributed by atoms with Crippen molar-refractivity contribution in [2.45, 2.75) is 37.5 Å². The molecule has 1 atom stereocenters. The fourth-order valence-electron chi connectivity index (χ4n) is 2.62. The van der Waals surface area contributed by atoms with Crippen LogP contribution in [0.4, 0.5) is 0 Å². The monoisotopic (exact) mass is 252 g/mol. The first-order valence-corrected chi connectivity index (χ1v) is 6.65. The number of aliphatic hydroxyl groups is 1. The first-order valence-electron chi connectivity index (χ1n) is 6.65. The van der Waals surface area contributed by atoms with Gasteiger partial charge in [-0.05, 0) is 39.4 Å². The zero-order chi connectivity index (χ0) is 13.0. The van der Waals surface area contributed by atoms with Crippen LogP contribution < -0.4 is 5.32 Å². The Morgan fingerprint density at radius 2 is 2.28 bits per heavy atom. The maximum Gasteiger partial charge on any atom is 0.0860 e. The highest BCUT2D eigenvalue weighted by molar-refractivity contribution is 4.98. The maximum absolute atomic E-state index is 10.0. The number of β-amino-alcohol motifs (C(OH)–C–C–N with tert-alkyl or cyclic N) is 1. The van der Waals surface area contributed by atoms with Crippen molar-refractivity contribution in [2.75, 3.05) is 27.2 Å². The molecule has 1 fully saturated rings. The first-order chi connectivity index (χ1) is 8.60. The molecule has 102 valence electrons. The molecular formula is C13H24N4O. The summed E-state index contributed by atoms with van der Waals surface area (Å²) in [5.74, 6) is 0. The van der Waals surface area contributed by atoms with Crippen LogP contribution in [0.1, 0.15) is 19.3 Å². The third-order valence-electron chi connectivity index (χ3n) is 3.60. The zero-order valence-corrected chi connectivity index (χ0v) is 11.3. The van der Waals surface area contributed by atoms with Crippen molar-refractivity contribution in [1.82, 2.24) is 20.0 Å². The lowest BCUT2D eigenvalue weighted by Crippen LogP contribution is -2.58. The lowest BCUT2D eigenvalue weighted by atomic mass is 9.76. The van der Waals surface area contributed by atoms with Gasteiger partial charge in [-0.3, -0.25) is 4.68 Å². The molecule has 0 amide bonds. The molecule has 1 aromatic rings. The van der Waals surface area contributed by atoms with Crippen LogP contribution in [-0.4, -0.2) is 58.6 Å². The number of aromatic nitrogens is 2. The van der Waals surface area contributed by atoms with Crippen LogP contribution in [-0.2, 0) is 6.54 Å². The Balaban J connectivity index is 1.75. The molecule has 1 heterocycles. The molecule has 0 aromatic carbocycles. The number of nitrogens with zero attached hydrogens (tertiary/aromatic N) is 3. The van der Waals surface area contributed by atoms with Crippen molar-refractivity contribution in [2.24, 2.45) is 0 Å². The van der Waals surface area contributed by atoms with E-state index < -0.39 is 0 Å². The summed E-state index contributed by atoms with van der Waals surface area (Å²) in [6, 6.07) is 1.87. The topological polar surface area (TPSA) is 53.3 Å². The number of nitrogens with one attached hydrogen (secondary N) is 1. The first kappa shape index (κ1) is 13.5. The molecule has 0 spiro atoms. The summed E-state index contributed by atoms with van der Waals surface area (Å²) in [6.45, 7) is 2.23. The zero-order valence-electron chi connectivity index (χ0n) is 11.3. The van der Waals surface area contributed by atoms with E-state index in [0.717, 1.165) is 6.54 Å². The molecule has 1 aliphatic carbocycles. The Morgan fingerprint density at radius 1 is 1.50 bits per heavy atom. The van der Waals surface area contributed by atoms with Crippen LogP contribution >= 0.6 is 0 Å². The van der Waals surface area contributed by atoms with E-state index >= 15 is 0 Å². The second kappa shape index (κ2) is 5.82. The average molecular weight is 252 g/mol. The van der Waals surface area contributed by atoms with Gasteiger partial charge in [0.25, 0.3) is 0 Å². The number of rotatable bonds is 7. The summed E-state index contributed by atoms with van der Waals surface area (Å²) in [7, 11) is 4.20. The molecular weight excluding hydrogens is 228 g/mol. The molecule has 0 bridgehead atoms. The van der Waals surface area contributed by atoms with E-state index in [-0.39, 0.29) is 11.6 Å². The van der Waals surface area contributed by atoms with E-state index in [1.165, 1.54) is 19.3 Å². The molecule has 0 unspecified atom stereocenters. The summed E-state index contributed by atoms with van der Waals surface area (Å²) in [5, 5.41) is 17.6. The van der Waals surface area contributed by atoms with Crippen molar-refractivity contribution in [1.29, 1.82) is 0 Å². The third-order valence-corrected chi connectivity index (χ3v) is 3.60. The van der Waals surface area contributed by atoms with Gasteiger partial charge in [0.05, 0.1) is 12.6 Å². The molecule has 5 heteroatoms. The molecule has 5 nitrogen and oxygen atoms in total. The third kappa shape index (κ3) is 3.54. The predicted octanol–water partition coefficient (Wildman–Crippen LogP) is 0.318. The lowest BCUT2D eigenvalue weighted by Gasteiger charge is -2.45. The van der Waals surface area contributed by atoms with Crippen LogP contribution in [0.5, 0.6) is 0 Å². The van der Waals surface area contributed by atoms with E-state index in [2.05, 4.69) is 29.4 Å². The van der Waals surface area contributed by atoms with Crippen molar-refractivity contribution in [3.63, 3.8) is 0 Å². The van der Waals surface area contributed by atoms with Crippen LogP contribution in [0.15, 0.2) is 18.5 Å². The number of hydrogen-bond donors (Lipinski definition) is 2. The fraction of sp³-hybridized carbons (Fsp3) is 0.769. The van der Waals surface area contributed by atoms with Crippen LogP contribution in [0.25, 0.3) is 0 Å². The standard InChI is InChI=1S/C13H24N4O/c1-16(2)11-13(5-3-6-13)14-9-12(18)10-17-8-4-7-15-17/h4,7-8,12,14,18H,3,5-6,9-11H2,1-2H3/t12-/m0/s1. The van der Waals surface area contributed by atoms with Crippen LogP contribution in [0.3, 0.4) is 0 Å². The van der Waals surface area contributed by atoms with E-state index in [9.17, 15) is 5.11 Å². The average Bonchev–Trinajstić information content (AvgIpc) is 2.74. The fourth-order valence-corrected chi connectivity index (χ4v) is 2.62.